The molecule has 0 aromatic heterocycles. The van der Waals surface area contributed by atoms with Crippen molar-refractivity contribution in [1.29, 1.82) is 0 Å². The predicted octanol–water partition coefficient (Wildman–Crippen LogP) is 2.27. The molecule has 2 aliphatic heterocycles. The molecule has 1 amide bonds. The quantitative estimate of drug-likeness (QED) is 0.910. The highest BCUT2D eigenvalue weighted by molar-refractivity contribution is 6.31. The van der Waals surface area contributed by atoms with Crippen LogP contribution < -0.4 is 0 Å². The minimum atomic E-state index is -0.179. The average molecular weight is 312 g/mol. The Morgan fingerprint density at radius 1 is 1.24 bits per heavy atom. The van der Waals surface area contributed by atoms with E-state index in [-0.39, 0.29) is 23.5 Å². The number of aromatic hydroxyl groups is 1. The van der Waals surface area contributed by atoms with E-state index in [9.17, 15) is 9.90 Å². The summed E-state index contributed by atoms with van der Waals surface area (Å²) in [5, 5.41) is 10.3. The number of likely N-dealkylation sites (tertiary alicyclic amines) is 1. The zero-order chi connectivity index (χ0) is 14.8. The number of hydrogen-bond donors (Lipinski definition) is 1. The van der Waals surface area contributed by atoms with E-state index >= 15 is 0 Å². The second kappa shape index (κ2) is 6.22. The first kappa shape index (κ1) is 14.6. The van der Waals surface area contributed by atoms with E-state index in [1.54, 1.807) is 11.0 Å². The highest BCUT2D eigenvalue weighted by Crippen LogP contribution is 2.28. The topological polar surface area (TPSA) is 59.0 Å². The summed E-state index contributed by atoms with van der Waals surface area (Å²) in [6.07, 6.45) is 1.57. The molecule has 2 heterocycles. The van der Waals surface area contributed by atoms with Crippen molar-refractivity contribution in [3.05, 3.63) is 28.8 Å². The number of phenols is 1. The molecule has 1 N–H and O–H groups in total. The Morgan fingerprint density at radius 2 is 1.90 bits per heavy atom. The van der Waals surface area contributed by atoms with Crippen LogP contribution >= 0.6 is 11.6 Å². The normalized spacial score (nSPS) is 20.9. The fraction of sp³-hybridized carbons (Fsp3) is 0.533. The summed E-state index contributed by atoms with van der Waals surface area (Å²) in [6, 6.07) is 4.52. The van der Waals surface area contributed by atoms with Crippen molar-refractivity contribution in [2.45, 2.75) is 19.1 Å². The van der Waals surface area contributed by atoms with Crippen LogP contribution in [-0.4, -0.2) is 48.5 Å². The lowest BCUT2D eigenvalue weighted by molar-refractivity contribution is -0.0956. The lowest BCUT2D eigenvalue weighted by atomic mass is 9.95. The van der Waals surface area contributed by atoms with E-state index in [0.29, 0.717) is 37.2 Å². The van der Waals surface area contributed by atoms with Gasteiger partial charge >= 0.3 is 0 Å². The molecular formula is C15H18ClNO4. The summed E-state index contributed by atoms with van der Waals surface area (Å²) in [4.78, 5) is 14.2. The van der Waals surface area contributed by atoms with Crippen LogP contribution in [0.25, 0.3) is 0 Å². The van der Waals surface area contributed by atoms with Gasteiger partial charge in [-0.2, -0.15) is 0 Å². The molecule has 2 aliphatic rings. The van der Waals surface area contributed by atoms with Gasteiger partial charge in [0.1, 0.15) is 5.75 Å². The summed E-state index contributed by atoms with van der Waals surface area (Å²) in [6.45, 7) is 2.58. The van der Waals surface area contributed by atoms with Gasteiger partial charge in [-0.05, 0) is 31.0 Å². The molecule has 5 nitrogen and oxygen atoms in total. The van der Waals surface area contributed by atoms with Crippen LogP contribution in [0, 0.1) is 5.92 Å². The Kier molecular flexibility index (Phi) is 4.33. The van der Waals surface area contributed by atoms with Crippen molar-refractivity contribution in [3.63, 3.8) is 0 Å². The van der Waals surface area contributed by atoms with Crippen LogP contribution in [0.2, 0.25) is 5.02 Å². The highest BCUT2D eigenvalue weighted by Gasteiger charge is 2.32. The van der Waals surface area contributed by atoms with E-state index in [0.717, 1.165) is 12.8 Å². The molecule has 2 saturated heterocycles. The molecule has 0 unspecified atom stereocenters. The van der Waals surface area contributed by atoms with Crippen LogP contribution in [0.1, 0.15) is 23.2 Å². The molecule has 0 bridgehead atoms. The monoisotopic (exact) mass is 311 g/mol. The zero-order valence-electron chi connectivity index (χ0n) is 11.6. The van der Waals surface area contributed by atoms with Gasteiger partial charge < -0.3 is 19.5 Å². The summed E-state index contributed by atoms with van der Waals surface area (Å²) in [7, 11) is 0. The van der Waals surface area contributed by atoms with E-state index < -0.39 is 0 Å². The summed E-state index contributed by atoms with van der Waals surface area (Å²) >= 11 is 5.89. The lowest BCUT2D eigenvalue weighted by Crippen LogP contribution is -2.41. The highest BCUT2D eigenvalue weighted by atomic mass is 35.5. The Balaban J connectivity index is 1.63. The first-order valence-electron chi connectivity index (χ1n) is 7.16. The number of piperidine rings is 1. The summed E-state index contributed by atoms with van der Waals surface area (Å²) < 4.78 is 11.0. The second-order valence-corrected chi connectivity index (χ2v) is 5.84. The van der Waals surface area contributed by atoms with Crippen LogP contribution in [0.3, 0.4) is 0 Å². The van der Waals surface area contributed by atoms with Crippen molar-refractivity contribution in [3.8, 4) is 5.75 Å². The molecule has 0 aliphatic carbocycles. The second-order valence-electron chi connectivity index (χ2n) is 5.40. The Morgan fingerprint density at radius 3 is 2.57 bits per heavy atom. The lowest BCUT2D eigenvalue weighted by Gasteiger charge is -2.34. The third-order valence-corrected chi connectivity index (χ3v) is 4.28. The SMILES string of the molecule is O=C(c1cc(Cl)ccc1O)N1CCC(C2OCCO2)CC1. The van der Waals surface area contributed by atoms with Crippen molar-refractivity contribution in [2.24, 2.45) is 5.92 Å². The molecule has 3 rings (SSSR count). The number of ether oxygens (including phenoxy) is 2. The number of carbonyl (C=O) groups is 1. The Labute approximate surface area is 128 Å². The van der Waals surface area contributed by atoms with Crippen molar-refractivity contribution >= 4 is 17.5 Å². The number of nitrogens with zero attached hydrogens (tertiary/aromatic N) is 1. The van der Waals surface area contributed by atoms with Gasteiger partial charge in [-0.1, -0.05) is 11.6 Å². The van der Waals surface area contributed by atoms with Crippen LogP contribution in [-0.2, 0) is 9.47 Å². The number of hydrogen-bond acceptors (Lipinski definition) is 4. The van der Waals surface area contributed by atoms with Crippen LogP contribution in [0.15, 0.2) is 18.2 Å². The average Bonchev–Trinajstić information content (AvgIpc) is 3.03. The summed E-state index contributed by atoms with van der Waals surface area (Å²) in [5.74, 6) is 0.125. The van der Waals surface area contributed by atoms with Crippen LogP contribution in [0.5, 0.6) is 5.75 Å². The molecule has 1 aromatic carbocycles. The van der Waals surface area contributed by atoms with Crippen molar-refractivity contribution < 1.29 is 19.4 Å². The first-order chi connectivity index (χ1) is 10.1. The van der Waals surface area contributed by atoms with Gasteiger partial charge in [-0.15, -0.1) is 0 Å². The fourth-order valence-corrected chi connectivity index (χ4v) is 3.05. The maximum Gasteiger partial charge on any atom is 0.257 e. The van der Waals surface area contributed by atoms with Gasteiger partial charge in [-0.25, -0.2) is 0 Å². The number of amides is 1. The molecule has 114 valence electrons. The molecule has 6 heteroatoms. The Bertz CT molecular complexity index is 522. The molecule has 2 fully saturated rings. The molecule has 0 radical (unpaired) electrons. The van der Waals surface area contributed by atoms with Crippen molar-refractivity contribution in [1.82, 2.24) is 4.90 Å². The standard InChI is InChI=1S/C15H18ClNO4/c16-11-1-2-13(18)12(9-11)14(19)17-5-3-10(4-6-17)15-20-7-8-21-15/h1-2,9-10,15,18H,3-8H2. The van der Waals surface area contributed by atoms with Gasteiger partial charge in [0.2, 0.25) is 0 Å². The largest absolute Gasteiger partial charge is 0.507 e. The summed E-state index contributed by atoms with van der Waals surface area (Å²) in [5.41, 5.74) is 0.259. The number of carbonyl (C=O) groups excluding carboxylic acids is 1. The van der Waals surface area contributed by atoms with Gasteiger partial charge in [0.15, 0.2) is 6.29 Å². The number of halogens is 1. The Hall–Kier alpha value is -1.30. The minimum Gasteiger partial charge on any atom is -0.507 e. The van der Waals surface area contributed by atoms with Gasteiger partial charge in [-0.3, -0.25) is 4.79 Å². The fourth-order valence-electron chi connectivity index (χ4n) is 2.87. The molecule has 0 saturated carbocycles. The van der Waals surface area contributed by atoms with E-state index in [1.165, 1.54) is 12.1 Å². The first-order valence-corrected chi connectivity index (χ1v) is 7.54. The number of rotatable bonds is 2. The van der Waals surface area contributed by atoms with Crippen molar-refractivity contribution in [2.75, 3.05) is 26.3 Å². The zero-order valence-corrected chi connectivity index (χ0v) is 12.4. The van der Waals surface area contributed by atoms with Gasteiger partial charge in [0.25, 0.3) is 5.91 Å². The number of phenolic OH excluding ortho intramolecular Hbond substituents is 1. The molecule has 21 heavy (non-hydrogen) atoms. The number of benzene rings is 1. The smallest absolute Gasteiger partial charge is 0.257 e. The maximum absolute atomic E-state index is 12.4. The molecular weight excluding hydrogens is 294 g/mol. The van der Waals surface area contributed by atoms with E-state index in [1.807, 2.05) is 0 Å². The van der Waals surface area contributed by atoms with Crippen LogP contribution in [0.4, 0.5) is 0 Å². The van der Waals surface area contributed by atoms with E-state index in [2.05, 4.69) is 0 Å². The molecule has 0 atom stereocenters. The molecule has 0 spiro atoms. The third kappa shape index (κ3) is 3.15. The molecule has 1 aromatic rings. The van der Waals surface area contributed by atoms with Gasteiger partial charge in [0.05, 0.1) is 18.8 Å². The maximum atomic E-state index is 12.4. The van der Waals surface area contributed by atoms with E-state index in [4.69, 9.17) is 21.1 Å². The third-order valence-electron chi connectivity index (χ3n) is 4.05. The van der Waals surface area contributed by atoms with Gasteiger partial charge in [0, 0.05) is 24.0 Å². The predicted molar refractivity (Wildman–Crippen MR) is 77.4 cm³/mol. The minimum absolute atomic E-state index is 0.0333.